The average Bonchev–Trinajstić information content (AvgIpc) is 3.23. The van der Waals surface area contributed by atoms with Gasteiger partial charge in [-0.15, -0.1) is 0 Å². The van der Waals surface area contributed by atoms with Gasteiger partial charge in [0.05, 0.1) is 11.7 Å². The van der Waals surface area contributed by atoms with Crippen LogP contribution in [-0.2, 0) is 0 Å². The van der Waals surface area contributed by atoms with Crippen molar-refractivity contribution < 1.29 is 4.79 Å². The fourth-order valence-electron chi connectivity index (χ4n) is 3.69. The van der Waals surface area contributed by atoms with Crippen molar-refractivity contribution in [3.05, 3.63) is 72.2 Å². The van der Waals surface area contributed by atoms with Crippen LogP contribution in [0.25, 0.3) is 11.3 Å². The van der Waals surface area contributed by atoms with Gasteiger partial charge in [-0.25, -0.2) is 0 Å². The first-order chi connectivity index (χ1) is 12.7. The molecule has 1 aliphatic heterocycles. The highest BCUT2D eigenvalue weighted by molar-refractivity contribution is 5.97. The predicted molar refractivity (Wildman–Crippen MR) is 101 cm³/mol. The van der Waals surface area contributed by atoms with Crippen LogP contribution in [0.5, 0.6) is 0 Å². The molecule has 4 rings (SSSR count). The summed E-state index contributed by atoms with van der Waals surface area (Å²) < 4.78 is 1.97. The number of piperidine rings is 1. The standard InChI is InChI=1S/C21H22N4O/c1-16-18(20-10-2-3-11-22-20)8-4-9-19(16)21(26)24-13-5-7-17(15-24)25-14-6-12-23-25/h2-4,6,8-12,14,17H,5,7,13,15H2,1H3/t17-/m1/s1. The number of aromatic nitrogens is 3. The number of amides is 1. The maximum Gasteiger partial charge on any atom is 0.254 e. The van der Waals surface area contributed by atoms with Gasteiger partial charge in [-0.1, -0.05) is 18.2 Å². The maximum absolute atomic E-state index is 13.2. The van der Waals surface area contributed by atoms with Gasteiger partial charge in [0.25, 0.3) is 5.91 Å². The number of hydrogen-bond donors (Lipinski definition) is 0. The molecule has 3 heterocycles. The second-order valence-electron chi connectivity index (χ2n) is 6.73. The van der Waals surface area contributed by atoms with E-state index < -0.39 is 0 Å². The summed E-state index contributed by atoms with van der Waals surface area (Å²) in [5.74, 6) is 0.0946. The van der Waals surface area contributed by atoms with E-state index in [1.807, 2.05) is 65.2 Å². The molecule has 0 radical (unpaired) electrons. The summed E-state index contributed by atoms with van der Waals surface area (Å²) in [7, 11) is 0. The minimum absolute atomic E-state index is 0.0946. The van der Waals surface area contributed by atoms with E-state index in [2.05, 4.69) is 10.1 Å². The van der Waals surface area contributed by atoms with Gasteiger partial charge in [0.15, 0.2) is 0 Å². The zero-order chi connectivity index (χ0) is 17.9. The number of likely N-dealkylation sites (tertiary alicyclic amines) is 1. The van der Waals surface area contributed by atoms with Crippen molar-refractivity contribution in [3.63, 3.8) is 0 Å². The van der Waals surface area contributed by atoms with Crippen LogP contribution in [0.15, 0.2) is 61.1 Å². The predicted octanol–water partition coefficient (Wildman–Crippen LogP) is 3.73. The van der Waals surface area contributed by atoms with Crippen LogP contribution >= 0.6 is 0 Å². The smallest absolute Gasteiger partial charge is 0.254 e. The Morgan fingerprint density at radius 1 is 1.12 bits per heavy atom. The first-order valence-electron chi connectivity index (χ1n) is 9.03. The van der Waals surface area contributed by atoms with Gasteiger partial charge in [-0.05, 0) is 49.6 Å². The van der Waals surface area contributed by atoms with Gasteiger partial charge in [0.2, 0.25) is 0 Å². The Hall–Kier alpha value is -2.95. The third-order valence-corrected chi connectivity index (χ3v) is 5.09. The zero-order valence-corrected chi connectivity index (χ0v) is 14.9. The van der Waals surface area contributed by atoms with Crippen molar-refractivity contribution in [1.82, 2.24) is 19.7 Å². The third kappa shape index (κ3) is 3.12. The minimum Gasteiger partial charge on any atom is -0.336 e. The van der Waals surface area contributed by atoms with E-state index in [0.29, 0.717) is 6.54 Å². The van der Waals surface area contributed by atoms with Crippen LogP contribution in [0.4, 0.5) is 0 Å². The van der Waals surface area contributed by atoms with Crippen LogP contribution in [0.3, 0.4) is 0 Å². The lowest BCUT2D eigenvalue weighted by Gasteiger charge is -2.33. The molecule has 0 N–H and O–H groups in total. The van der Waals surface area contributed by atoms with Crippen LogP contribution in [0.1, 0.15) is 34.8 Å². The lowest BCUT2D eigenvalue weighted by atomic mass is 9.97. The van der Waals surface area contributed by atoms with Crippen LogP contribution in [0.2, 0.25) is 0 Å². The summed E-state index contributed by atoms with van der Waals surface area (Å²) in [6, 6.07) is 13.9. The van der Waals surface area contributed by atoms with E-state index in [1.165, 1.54) is 0 Å². The van der Waals surface area contributed by atoms with Crippen molar-refractivity contribution in [3.8, 4) is 11.3 Å². The topological polar surface area (TPSA) is 51.0 Å². The minimum atomic E-state index is 0.0946. The average molecular weight is 346 g/mol. The second-order valence-corrected chi connectivity index (χ2v) is 6.73. The lowest BCUT2D eigenvalue weighted by molar-refractivity contribution is 0.0672. The second kappa shape index (κ2) is 7.12. The summed E-state index contributed by atoms with van der Waals surface area (Å²) in [6.45, 7) is 3.50. The van der Waals surface area contributed by atoms with E-state index in [1.54, 1.807) is 12.4 Å². The molecule has 0 spiro atoms. The number of carbonyl (C=O) groups is 1. The van der Waals surface area contributed by atoms with Gasteiger partial charge in [-0.3, -0.25) is 14.5 Å². The quantitative estimate of drug-likeness (QED) is 0.726. The molecule has 132 valence electrons. The van der Waals surface area contributed by atoms with E-state index in [4.69, 9.17) is 0 Å². The molecule has 0 bridgehead atoms. The highest BCUT2D eigenvalue weighted by Gasteiger charge is 2.27. The summed E-state index contributed by atoms with van der Waals surface area (Å²) in [5, 5.41) is 4.35. The van der Waals surface area contributed by atoms with Crippen LogP contribution in [0, 0.1) is 6.92 Å². The zero-order valence-electron chi connectivity index (χ0n) is 14.9. The molecular weight excluding hydrogens is 324 g/mol. The SMILES string of the molecule is Cc1c(C(=O)N2CCC[C@@H](n3cccn3)C2)cccc1-c1ccccn1. The Balaban J connectivity index is 1.60. The highest BCUT2D eigenvalue weighted by Crippen LogP contribution is 2.27. The maximum atomic E-state index is 13.2. The van der Waals surface area contributed by atoms with E-state index in [0.717, 1.165) is 41.8 Å². The molecule has 1 aromatic carbocycles. The first kappa shape index (κ1) is 16.5. The Bertz CT molecular complexity index is 890. The molecule has 1 atom stereocenters. The third-order valence-electron chi connectivity index (χ3n) is 5.09. The number of nitrogens with zero attached hydrogens (tertiary/aromatic N) is 4. The van der Waals surface area contributed by atoms with Gasteiger partial charge in [-0.2, -0.15) is 5.10 Å². The van der Waals surface area contributed by atoms with Crippen molar-refractivity contribution in [2.75, 3.05) is 13.1 Å². The van der Waals surface area contributed by atoms with Crippen LogP contribution in [-0.4, -0.2) is 38.7 Å². The molecule has 0 aliphatic carbocycles. The normalized spacial score (nSPS) is 17.3. The monoisotopic (exact) mass is 346 g/mol. The van der Waals surface area contributed by atoms with Crippen molar-refractivity contribution in [1.29, 1.82) is 0 Å². The number of hydrogen-bond acceptors (Lipinski definition) is 3. The summed E-state index contributed by atoms with van der Waals surface area (Å²) >= 11 is 0. The molecule has 1 fully saturated rings. The van der Waals surface area contributed by atoms with Crippen molar-refractivity contribution in [2.45, 2.75) is 25.8 Å². The van der Waals surface area contributed by atoms with E-state index in [-0.39, 0.29) is 11.9 Å². The molecule has 5 heteroatoms. The molecule has 26 heavy (non-hydrogen) atoms. The number of carbonyl (C=O) groups excluding carboxylic acids is 1. The summed E-state index contributed by atoms with van der Waals surface area (Å²) in [5.41, 5.74) is 3.65. The van der Waals surface area contributed by atoms with Gasteiger partial charge in [0, 0.05) is 42.8 Å². The molecule has 0 unspecified atom stereocenters. The van der Waals surface area contributed by atoms with Gasteiger partial charge >= 0.3 is 0 Å². The molecule has 2 aromatic heterocycles. The van der Waals surface area contributed by atoms with E-state index >= 15 is 0 Å². The fourth-order valence-corrected chi connectivity index (χ4v) is 3.69. The molecule has 1 aliphatic rings. The molecule has 5 nitrogen and oxygen atoms in total. The Morgan fingerprint density at radius 2 is 2.04 bits per heavy atom. The summed E-state index contributed by atoms with van der Waals surface area (Å²) in [6.07, 6.45) is 7.60. The number of pyridine rings is 1. The van der Waals surface area contributed by atoms with Crippen LogP contribution < -0.4 is 0 Å². The molecular formula is C21H22N4O. The van der Waals surface area contributed by atoms with Gasteiger partial charge in [0.1, 0.15) is 0 Å². The lowest BCUT2D eigenvalue weighted by Crippen LogP contribution is -2.41. The Kier molecular flexibility index (Phi) is 4.52. The van der Waals surface area contributed by atoms with Crippen molar-refractivity contribution >= 4 is 5.91 Å². The molecule has 0 saturated carbocycles. The van der Waals surface area contributed by atoms with Gasteiger partial charge < -0.3 is 4.90 Å². The Morgan fingerprint density at radius 3 is 2.81 bits per heavy atom. The molecule has 1 amide bonds. The Labute approximate surface area is 153 Å². The van der Waals surface area contributed by atoms with E-state index in [9.17, 15) is 4.79 Å². The number of rotatable bonds is 3. The molecule has 3 aromatic rings. The fraction of sp³-hybridized carbons (Fsp3) is 0.286. The number of benzene rings is 1. The van der Waals surface area contributed by atoms with Crippen molar-refractivity contribution in [2.24, 2.45) is 0 Å². The summed E-state index contributed by atoms with van der Waals surface area (Å²) in [4.78, 5) is 19.6. The first-order valence-corrected chi connectivity index (χ1v) is 9.03. The molecule has 1 saturated heterocycles. The highest BCUT2D eigenvalue weighted by atomic mass is 16.2. The largest absolute Gasteiger partial charge is 0.336 e.